The van der Waals surface area contributed by atoms with Crippen LogP contribution >= 0.6 is 35.2 Å². The van der Waals surface area contributed by atoms with Crippen molar-refractivity contribution >= 4 is 40.3 Å². The molecule has 9 heteroatoms. The standard InChI is InChI=1S/C22H21ClN2O4S2/c1-13(25-11-18(29-22(25)30)15-3-2-4-16(23)10-15)12-28-17-7-5-14(6-8-17)9-19-20(26)24-21(27)31-19/h2-8,10,13,18,26H,9,11-12H2,1H3,(H,24,27)/t13-,18+/m1/s1. The number of aromatic hydroxyl groups is 1. The second kappa shape index (κ2) is 9.30. The van der Waals surface area contributed by atoms with Gasteiger partial charge >= 0.3 is 4.87 Å². The van der Waals surface area contributed by atoms with Gasteiger partial charge in [0, 0.05) is 11.4 Å². The summed E-state index contributed by atoms with van der Waals surface area (Å²) in [6.45, 7) is 3.14. The minimum Gasteiger partial charge on any atom is -0.494 e. The molecule has 1 aromatic heterocycles. The number of benzene rings is 2. The van der Waals surface area contributed by atoms with Crippen molar-refractivity contribution in [3.8, 4) is 11.6 Å². The smallest absolute Gasteiger partial charge is 0.307 e. The highest BCUT2D eigenvalue weighted by Gasteiger charge is 2.32. The number of hydrogen-bond acceptors (Lipinski definition) is 6. The summed E-state index contributed by atoms with van der Waals surface area (Å²) in [6, 6.07) is 15.2. The van der Waals surface area contributed by atoms with E-state index in [0.717, 1.165) is 28.2 Å². The lowest BCUT2D eigenvalue weighted by Crippen LogP contribution is -2.37. The van der Waals surface area contributed by atoms with Crippen LogP contribution in [0.5, 0.6) is 11.6 Å². The van der Waals surface area contributed by atoms with Gasteiger partial charge in [0.2, 0.25) is 5.88 Å². The molecular weight excluding hydrogens is 456 g/mol. The van der Waals surface area contributed by atoms with Crippen LogP contribution in [0.1, 0.15) is 29.0 Å². The molecule has 6 nitrogen and oxygen atoms in total. The molecule has 0 aliphatic carbocycles. The van der Waals surface area contributed by atoms with Crippen LogP contribution < -0.4 is 9.61 Å². The lowest BCUT2D eigenvalue weighted by molar-refractivity contribution is 0.212. The molecule has 0 bridgehead atoms. The van der Waals surface area contributed by atoms with Gasteiger partial charge in [-0.15, -0.1) is 0 Å². The van der Waals surface area contributed by atoms with Crippen molar-refractivity contribution in [3.63, 3.8) is 0 Å². The topological polar surface area (TPSA) is 74.8 Å². The van der Waals surface area contributed by atoms with Gasteiger partial charge in [0.1, 0.15) is 18.5 Å². The van der Waals surface area contributed by atoms with Crippen LogP contribution in [0.4, 0.5) is 0 Å². The average molecular weight is 477 g/mol. The molecule has 0 unspecified atom stereocenters. The number of thiocarbonyl (C=S) groups is 1. The summed E-state index contributed by atoms with van der Waals surface area (Å²) in [5.74, 6) is 0.670. The summed E-state index contributed by atoms with van der Waals surface area (Å²) in [7, 11) is 0. The second-order valence-corrected chi connectivity index (χ2v) is 9.20. The molecule has 1 aliphatic heterocycles. The zero-order chi connectivity index (χ0) is 22.0. The van der Waals surface area contributed by atoms with Crippen molar-refractivity contribution in [1.82, 2.24) is 9.88 Å². The Morgan fingerprint density at radius 1 is 1.35 bits per heavy atom. The number of H-pyrrole nitrogens is 1. The summed E-state index contributed by atoms with van der Waals surface area (Å²) in [4.78, 5) is 16.1. The number of ether oxygens (including phenoxy) is 2. The van der Waals surface area contributed by atoms with Gasteiger partial charge in [0.15, 0.2) is 0 Å². The number of nitrogens with one attached hydrogen (secondary N) is 1. The second-order valence-electron chi connectivity index (χ2n) is 7.35. The van der Waals surface area contributed by atoms with Crippen molar-refractivity contribution in [1.29, 1.82) is 0 Å². The molecule has 3 aromatic rings. The molecule has 2 N–H and O–H groups in total. The zero-order valence-corrected chi connectivity index (χ0v) is 19.1. The van der Waals surface area contributed by atoms with Gasteiger partial charge in [0.05, 0.1) is 17.5 Å². The summed E-state index contributed by atoms with van der Waals surface area (Å²) in [6.07, 6.45) is 0.337. The largest absolute Gasteiger partial charge is 0.494 e. The Hall–Kier alpha value is -2.55. The molecular formula is C22H21ClN2O4S2. The molecule has 0 amide bonds. The molecule has 31 heavy (non-hydrogen) atoms. The van der Waals surface area contributed by atoms with E-state index in [4.69, 9.17) is 33.3 Å². The van der Waals surface area contributed by atoms with Crippen molar-refractivity contribution < 1.29 is 14.6 Å². The Labute approximate surface area is 194 Å². The normalized spacial score (nSPS) is 16.9. The predicted octanol–water partition coefficient (Wildman–Crippen LogP) is 4.51. The molecule has 2 aromatic carbocycles. The van der Waals surface area contributed by atoms with E-state index >= 15 is 0 Å². The average Bonchev–Trinajstić information content (AvgIpc) is 3.28. The van der Waals surface area contributed by atoms with Crippen LogP contribution in [-0.4, -0.2) is 39.4 Å². The van der Waals surface area contributed by atoms with Gasteiger partial charge in [-0.3, -0.25) is 9.78 Å². The quantitative estimate of drug-likeness (QED) is 0.489. The zero-order valence-electron chi connectivity index (χ0n) is 16.7. The molecule has 2 atom stereocenters. The van der Waals surface area contributed by atoms with E-state index < -0.39 is 0 Å². The van der Waals surface area contributed by atoms with E-state index in [2.05, 4.69) is 4.98 Å². The van der Waals surface area contributed by atoms with E-state index in [1.165, 1.54) is 0 Å². The highest BCUT2D eigenvalue weighted by atomic mass is 35.5. The Kier molecular flexibility index (Phi) is 6.50. The third kappa shape index (κ3) is 5.20. The summed E-state index contributed by atoms with van der Waals surface area (Å²) in [5, 5.41) is 10.9. The Morgan fingerprint density at radius 2 is 2.13 bits per heavy atom. The fourth-order valence-corrected chi connectivity index (χ4v) is 4.72. The number of nitrogens with zero attached hydrogens (tertiary/aromatic N) is 1. The Balaban J connectivity index is 1.32. The van der Waals surface area contributed by atoms with Crippen LogP contribution in [0.3, 0.4) is 0 Å². The van der Waals surface area contributed by atoms with Gasteiger partial charge < -0.3 is 19.5 Å². The molecule has 1 saturated heterocycles. The number of hydrogen-bond donors (Lipinski definition) is 2. The Morgan fingerprint density at radius 3 is 2.81 bits per heavy atom. The maximum absolute atomic E-state index is 11.3. The first-order valence-corrected chi connectivity index (χ1v) is 11.3. The summed E-state index contributed by atoms with van der Waals surface area (Å²) >= 11 is 12.5. The minimum absolute atomic E-state index is 0.0328. The third-order valence-corrected chi connectivity index (χ3v) is 6.51. The molecule has 2 heterocycles. The first-order chi connectivity index (χ1) is 14.9. The number of aromatic amines is 1. The number of halogens is 1. The fourth-order valence-electron chi connectivity index (χ4n) is 3.39. The van der Waals surface area contributed by atoms with E-state index in [-0.39, 0.29) is 22.9 Å². The number of rotatable bonds is 7. The maximum atomic E-state index is 11.3. The maximum Gasteiger partial charge on any atom is 0.307 e. The van der Waals surface area contributed by atoms with Crippen LogP contribution in [0.15, 0.2) is 53.3 Å². The molecule has 4 rings (SSSR count). The van der Waals surface area contributed by atoms with Crippen molar-refractivity contribution in [2.45, 2.75) is 25.5 Å². The molecule has 0 saturated carbocycles. The van der Waals surface area contributed by atoms with Crippen LogP contribution in [-0.2, 0) is 11.2 Å². The van der Waals surface area contributed by atoms with E-state index in [9.17, 15) is 9.90 Å². The highest BCUT2D eigenvalue weighted by molar-refractivity contribution is 7.80. The van der Waals surface area contributed by atoms with Crippen molar-refractivity contribution in [2.75, 3.05) is 13.2 Å². The van der Waals surface area contributed by atoms with Crippen LogP contribution in [0.2, 0.25) is 5.02 Å². The fraction of sp³-hybridized carbons (Fsp3) is 0.273. The first kappa shape index (κ1) is 21.7. The third-order valence-electron chi connectivity index (χ3n) is 5.07. The van der Waals surface area contributed by atoms with Gasteiger partial charge in [-0.2, -0.15) is 0 Å². The molecule has 0 radical (unpaired) electrons. The summed E-state index contributed by atoms with van der Waals surface area (Å²) in [5.41, 5.74) is 1.98. The van der Waals surface area contributed by atoms with Crippen molar-refractivity contribution in [2.24, 2.45) is 0 Å². The first-order valence-electron chi connectivity index (χ1n) is 9.74. The molecule has 162 valence electrons. The molecule has 1 aliphatic rings. The van der Waals surface area contributed by atoms with E-state index in [1.807, 2.05) is 60.4 Å². The number of aromatic nitrogens is 1. The monoisotopic (exact) mass is 476 g/mol. The van der Waals surface area contributed by atoms with Crippen LogP contribution in [0, 0.1) is 0 Å². The minimum atomic E-state index is -0.261. The van der Waals surface area contributed by atoms with Gasteiger partial charge in [-0.25, -0.2) is 0 Å². The van der Waals surface area contributed by atoms with Crippen LogP contribution in [0.25, 0.3) is 0 Å². The molecule has 1 fully saturated rings. The molecule has 0 spiro atoms. The highest BCUT2D eigenvalue weighted by Crippen LogP contribution is 2.29. The van der Waals surface area contributed by atoms with E-state index in [1.54, 1.807) is 0 Å². The van der Waals surface area contributed by atoms with Gasteiger partial charge in [-0.1, -0.05) is 47.2 Å². The number of thiazole rings is 1. The lowest BCUT2D eigenvalue weighted by Gasteiger charge is -2.23. The SMILES string of the molecule is C[C@H](COc1ccc(Cc2sc(=O)[nH]c2O)cc1)N1C[C@@H](c2cccc(Cl)c2)OC1=S. The summed E-state index contributed by atoms with van der Waals surface area (Å²) < 4.78 is 11.8. The Bertz CT molecular complexity index is 1130. The predicted molar refractivity (Wildman–Crippen MR) is 125 cm³/mol. The lowest BCUT2D eigenvalue weighted by atomic mass is 10.1. The van der Waals surface area contributed by atoms with E-state index in [0.29, 0.717) is 34.6 Å². The van der Waals surface area contributed by atoms with Gasteiger partial charge in [0.25, 0.3) is 5.17 Å². The van der Waals surface area contributed by atoms with Gasteiger partial charge in [-0.05, 0) is 54.5 Å². The van der Waals surface area contributed by atoms with Crippen molar-refractivity contribution in [3.05, 3.63) is 79.2 Å².